The summed E-state index contributed by atoms with van der Waals surface area (Å²) in [6.07, 6.45) is 0. The number of amides is 2. The van der Waals surface area contributed by atoms with Gasteiger partial charge in [-0.25, -0.2) is 13.3 Å². The molecule has 2 amide bonds. The molecule has 0 atom stereocenters. The first kappa shape index (κ1) is 18.2. The SMILES string of the molecule is Nc1ccc(S(=O)(=O)c2ccc(N3C(=O)c4cccc(Cl)c4C3=O)cc2)cc1. The van der Waals surface area contributed by atoms with Crippen molar-refractivity contribution in [3.05, 3.63) is 82.9 Å². The van der Waals surface area contributed by atoms with Gasteiger partial charge in [-0.05, 0) is 60.7 Å². The van der Waals surface area contributed by atoms with Crippen molar-refractivity contribution in [3.8, 4) is 0 Å². The van der Waals surface area contributed by atoms with Gasteiger partial charge in [-0.1, -0.05) is 17.7 Å². The Morgan fingerprint density at radius 3 is 1.93 bits per heavy atom. The lowest BCUT2D eigenvalue weighted by Gasteiger charge is -2.14. The van der Waals surface area contributed by atoms with Crippen molar-refractivity contribution in [1.29, 1.82) is 0 Å². The molecule has 0 fully saturated rings. The third-order valence-electron chi connectivity index (χ3n) is 4.46. The quantitative estimate of drug-likeness (QED) is 0.524. The van der Waals surface area contributed by atoms with Gasteiger partial charge in [0.1, 0.15) is 0 Å². The maximum Gasteiger partial charge on any atom is 0.267 e. The summed E-state index contributed by atoms with van der Waals surface area (Å²) in [5, 5.41) is 0.195. The third kappa shape index (κ3) is 2.76. The van der Waals surface area contributed by atoms with Crippen LogP contribution in [0.4, 0.5) is 11.4 Å². The van der Waals surface area contributed by atoms with Gasteiger partial charge in [-0.15, -0.1) is 0 Å². The molecule has 4 rings (SSSR count). The average molecular weight is 413 g/mol. The van der Waals surface area contributed by atoms with Crippen LogP contribution in [0.2, 0.25) is 5.02 Å². The van der Waals surface area contributed by atoms with E-state index in [9.17, 15) is 18.0 Å². The second kappa shape index (κ2) is 6.47. The predicted octanol–water partition coefficient (Wildman–Crippen LogP) is 3.56. The van der Waals surface area contributed by atoms with Gasteiger partial charge in [0, 0.05) is 5.69 Å². The molecule has 3 aromatic carbocycles. The summed E-state index contributed by atoms with van der Waals surface area (Å²) in [6, 6.07) is 16.1. The van der Waals surface area contributed by atoms with E-state index in [1.54, 1.807) is 6.07 Å². The summed E-state index contributed by atoms with van der Waals surface area (Å²) in [7, 11) is -3.75. The largest absolute Gasteiger partial charge is 0.399 e. The maximum absolute atomic E-state index is 12.7. The molecule has 3 aromatic rings. The fourth-order valence-electron chi connectivity index (χ4n) is 3.04. The van der Waals surface area contributed by atoms with Crippen LogP contribution < -0.4 is 10.6 Å². The Morgan fingerprint density at radius 2 is 1.36 bits per heavy atom. The van der Waals surface area contributed by atoms with Crippen LogP contribution in [0, 0.1) is 0 Å². The van der Waals surface area contributed by atoms with E-state index in [-0.39, 0.29) is 31.6 Å². The zero-order valence-electron chi connectivity index (χ0n) is 14.3. The van der Waals surface area contributed by atoms with Gasteiger partial charge in [0.15, 0.2) is 0 Å². The monoisotopic (exact) mass is 412 g/mol. The molecule has 0 saturated carbocycles. The molecule has 0 aromatic heterocycles. The predicted molar refractivity (Wildman–Crippen MR) is 105 cm³/mol. The molecule has 0 spiro atoms. The molecule has 1 aliphatic heterocycles. The van der Waals surface area contributed by atoms with Crippen molar-refractivity contribution >= 4 is 44.6 Å². The van der Waals surface area contributed by atoms with Gasteiger partial charge in [0.25, 0.3) is 11.8 Å². The number of carbonyl (C=O) groups excluding carboxylic acids is 2. The number of benzene rings is 3. The van der Waals surface area contributed by atoms with Crippen molar-refractivity contribution in [2.24, 2.45) is 0 Å². The molecule has 28 heavy (non-hydrogen) atoms. The molecule has 0 aliphatic carbocycles. The van der Waals surface area contributed by atoms with E-state index in [2.05, 4.69) is 0 Å². The Bertz CT molecular complexity index is 1220. The van der Waals surface area contributed by atoms with Crippen LogP contribution in [0.25, 0.3) is 0 Å². The van der Waals surface area contributed by atoms with Crippen LogP contribution in [0.5, 0.6) is 0 Å². The highest BCUT2D eigenvalue weighted by molar-refractivity contribution is 7.91. The van der Waals surface area contributed by atoms with Crippen LogP contribution in [-0.2, 0) is 9.84 Å². The normalized spacial score (nSPS) is 13.7. The van der Waals surface area contributed by atoms with Crippen LogP contribution in [-0.4, -0.2) is 20.2 Å². The number of fused-ring (bicyclic) bond motifs is 1. The lowest BCUT2D eigenvalue weighted by atomic mass is 10.1. The van der Waals surface area contributed by atoms with Gasteiger partial charge in [-0.3, -0.25) is 9.59 Å². The van der Waals surface area contributed by atoms with E-state index in [0.717, 1.165) is 4.90 Å². The van der Waals surface area contributed by atoms with Crippen LogP contribution in [0.15, 0.2) is 76.5 Å². The summed E-state index contributed by atoms with van der Waals surface area (Å²) in [4.78, 5) is 26.4. The van der Waals surface area contributed by atoms with Crippen LogP contribution in [0.1, 0.15) is 20.7 Å². The number of hydrogen-bond donors (Lipinski definition) is 1. The summed E-state index contributed by atoms with van der Waals surface area (Å²) < 4.78 is 25.4. The van der Waals surface area contributed by atoms with E-state index < -0.39 is 21.7 Å². The molecule has 1 heterocycles. The number of hydrogen-bond acceptors (Lipinski definition) is 5. The van der Waals surface area contributed by atoms with E-state index in [0.29, 0.717) is 5.69 Å². The Labute approximate surface area is 166 Å². The summed E-state index contributed by atoms with van der Waals surface area (Å²) in [5.41, 5.74) is 6.68. The zero-order chi connectivity index (χ0) is 20.1. The minimum atomic E-state index is -3.75. The minimum Gasteiger partial charge on any atom is -0.399 e. The lowest BCUT2D eigenvalue weighted by molar-refractivity contribution is 0.0926. The Balaban J connectivity index is 1.70. The number of sulfone groups is 1. The molecule has 1 aliphatic rings. The molecule has 0 saturated heterocycles. The number of nitrogen functional groups attached to an aromatic ring is 1. The van der Waals surface area contributed by atoms with Gasteiger partial charge in [0.2, 0.25) is 9.84 Å². The van der Waals surface area contributed by atoms with Gasteiger partial charge >= 0.3 is 0 Å². The number of halogens is 1. The highest BCUT2D eigenvalue weighted by Crippen LogP contribution is 2.33. The van der Waals surface area contributed by atoms with Crippen LogP contribution >= 0.6 is 11.6 Å². The molecule has 2 N–H and O–H groups in total. The standard InChI is InChI=1S/C20H13ClN2O4S/c21-17-3-1-2-16-18(17)20(25)23(19(16)24)13-6-10-15(11-7-13)28(26,27)14-8-4-12(22)5-9-14/h1-11H,22H2. The fourth-order valence-corrected chi connectivity index (χ4v) is 4.55. The Morgan fingerprint density at radius 1 is 0.786 bits per heavy atom. The smallest absolute Gasteiger partial charge is 0.267 e. The maximum atomic E-state index is 12.7. The molecular weight excluding hydrogens is 400 g/mol. The van der Waals surface area contributed by atoms with Crippen LogP contribution in [0.3, 0.4) is 0 Å². The second-order valence-electron chi connectivity index (χ2n) is 6.17. The first-order valence-corrected chi connectivity index (χ1v) is 10.0. The van der Waals surface area contributed by atoms with E-state index >= 15 is 0 Å². The number of nitrogens with zero attached hydrogens (tertiary/aromatic N) is 1. The fraction of sp³-hybridized carbons (Fsp3) is 0. The molecule has 140 valence electrons. The lowest BCUT2D eigenvalue weighted by Crippen LogP contribution is -2.29. The van der Waals surface area contributed by atoms with Gasteiger partial charge in [-0.2, -0.15) is 0 Å². The zero-order valence-corrected chi connectivity index (χ0v) is 15.9. The number of imide groups is 1. The minimum absolute atomic E-state index is 0.0377. The van der Waals surface area contributed by atoms with E-state index in [1.165, 1.54) is 60.7 Å². The Kier molecular flexibility index (Phi) is 4.21. The molecular formula is C20H13ClN2O4S. The van der Waals surface area contributed by atoms with E-state index in [4.69, 9.17) is 17.3 Å². The molecule has 0 unspecified atom stereocenters. The van der Waals surface area contributed by atoms with Crippen molar-refractivity contribution < 1.29 is 18.0 Å². The Hall–Kier alpha value is -3.16. The molecule has 8 heteroatoms. The average Bonchev–Trinajstić information content (AvgIpc) is 2.94. The van der Waals surface area contributed by atoms with Crippen molar-refractivity contribution in [3.63, 3.8) is 0 Å². The van der Waals surface area contributed by atoms with Crippen molar-refractivity contribution in [2.75, 3.05) is 10.6 Å². The van der Waals surface area contributed by atoms with Gasteiger partial charge in [0.05, 0.1) is 31.6 Å². The number of anilines is 2. The van der Waals surface area contributed by atoms with Gasteiger partial charge < -0.3 is 5.73 Å². The molecule has 0 radical (unpaired) electrons. The first-order valence-electron chi connectivity index (χ1n) is 8.19. The van der Waals surface area contributed by atoms with E-state index in [1.807, 2.05) is 0 Å². The van der Waals surface area contributed by atoms with Crippen molar-refractivity contribution in [2.45, 2.75) is 9.79 Å². The number of carbonyl (C=O) groups is 2. The number of nitrogens with two attached hydrogens (primary N) is 1. The summed E-state index contributed by atoms with van der Waals surface area (Å²) in [6.45, 7) is 0. The highest BCUT2D eigenvalue weighted by Gasteiger charge is 2.38. The topological polar surface area (TPSA) is 97.5 Å². The summed E-state index contributed by atoms with van der Waals surface area (Å²) >= 11 is 6.06. The highest BCUT2D eigenvalue weighted by atomic mass is 35.5. The third-order valence-corrected chi connectivity index (χ3v) is 6.56. The molecule has 0 bridgehead atoms. The number of rotatable bonds is 3. The first-order chi connectivity index (χ1) is 13.3. The van der Waals surface area contributed by atoms with Crippen molar-refractivity contribution in [1.82, 2.24) is 0 Å². The summed E-state index contributed by atoms with van der Waals surface area (Å²) in [5.74, 6) is -1.05. The molecule has 6 nitrogen and oxygen atoms in total. The second-order valence-corrected chi connectivity index (χ2v) is 8.53.